The van der Waals surface area contributed by atoms with Crippen molar-refractivity contribution in [1.82, 2.24) is 0 Å². The van der Waals surface area contributed by atoms with Crippen molar-refractivity contribution in [1.29, 1.82) is 0 Å². The van der Waals surface area contributed by atoms with Crippen LogP contribution >= 0.6 is 0 Å². The van der Waals surface area contributed by atoms with Gasteiger partial charge in [0.25, 0.3) is 0 Å². The average Bonchev–Trinajstić information content (AvgIpc) is 2.68. The molecule has 148 valence electrons. The van der Waals surface area contributed by atoms with Gasteiger partial charge >= 0.3 is 6.09 Å². The Morgan fingerprint density at radius 3 is 2.64 bits per heavy atom. The third-order valence-electron chi connectivity index (χ3n) is 4.57. The Morgan fingerprint density at radius 1 is 1.14 bits per heavy atom. The summed E-state index contributed by atoms with van der Waals surface area (Å²) in [6.07, 6.45) is 5.64. The number of carbonyl (C=O) groups excluding carboxylic acids is 1. The zero-order valence-corrected chi connectivity index (χ0v) is 16.7. The molecule has 5 nitrogen and oxygen atoms in total. The second kappa shape index (κ2) is 8.83. The number of hydrogen-bond acceptors (Lipinski definition) is 4. The largest absolute Gasteiger partial charge is 0.494 e. The average molecular weight is 381 g/mol. The number of ether oxygens (including phenoxy) is 3. The quantitative estimate of drug-likeness (QED) is 0.659. The van der Waals surface area contributed by atoms with Gasteiger partial charge in [-0.25, -0.2) is 4.79 Å². The summed E-state index contributed by atoms with van der Waals surface area (Å²) in [5, 5.41) is 2.76. The molecule has 1 aliphatic heterocycles. The third kappa shape index (κ3) is 5.06. The number of nitrogens with one attached hydrogen (secondary N) is 1. The summed E-state index contributed by atoms with van der Waals surface area (Å²) < 4.78 is 16.8. The van der Waals surface area contributed by atoms with Crippen LogP contribution in [0.1, 0.15) is 44.7 Å². The van der Waals surface area contributed by atoms with E-state index in [0.717, 1.165) is 35.5 Å². The van der Waals surface area contributed by atoms with E-state index in [4.69, 9.17) is 14.2 Å². The van der Waals surface area contributed by atoms with Crippen LogP contribution < -0.4 is 14.8 Å². The van der Waals surface area contributed by atoms with Gasteiger partial charge in [0.2, 0.25) is 0 Å². The number of anilines is 1. The maximum Gasteiger partial charge on any atom is 0.411 e. The van der Waals surface area contributed by atoms with E-state index in [9.17, 15) is 4.79 Å². The molecular formula is C23H27NO4. The van der Waals surface area contributed by atoms with E-state index in [2.05, 4.69) is 25.2 Å². The zero-order valence-electron chi connectivity index (χ0n) is 16.7. The summed E-state index contributed by atoms with van der Waals surface area (Å²) in [4.78, 5) is 12.1. The molecule has 1 amide bonds. The lowest BCUT2D eigenvalue weighted by atomic mass is 9.95. The van der Waals surface area contributed by atoms with Crippen molar-refractivity contribution in [3.8, 4) is 11.5 Å². The standard InChI is InChI=1S/C23H27NO4/c1-4-13-23(3)14-12-18-15-19(8-11-21(18)28-23)24-22(25)27-16-17-6-9-20(10-7-17)26-5-2/h6-12,14-15H,4-5,13,16H2,1-3H3,(H,24,25). The van der Waals surface area contributed by atoms with Gasteiger partial charge in [-0.05, 0) is 62.2 Å². The van der Waals surface area contributed by atoms with E-state index < -0.39 is 6.09 Å². The molecule has 1 N–H and O–H groups in total. The first kappa shape index (κ1) is 19.8. The fraction of sp³-hybridized carbons (Fsp3) is 0.348. The van der Waals surface area contributed by atoms with E-state index in [-0.39, 0.29) is 12.2 Å². The molecule has 1 heterocycles. The third-order valence-corrected chi connectivity index (χ3v) is 4.57. The van der Waals surface area contributed by atoms with Crippen molar-refractivity contribution in [2.75, 3.05) is 11.9 Å². The molecule has 1 unspecified atom stereocenters. The highest BCUT2D eigenvalue weighted by Crippen LogP contribution is 2.34. The Labute approximate surface area is 166 Å². The molecule has 0 saturated heterocycles. The summed E-state index contributed by atoms with van der Waals surface area (Å²) in [6, 6.07) is 13.1. The van der Waals surface area contributed by atoms with Crippen LogP contribution in [0.3, 0.4) is 0 Å². The van der Waals surface area contributed by atoms with Gasteiger partial charge in [0.15, 0.2) is 0 Å². The lowest BCUT2D eigenvalue weighted by Crippen LogP contribution is -2.31. The number of fused-ring (bicyclic) bond motifs is 1. The lowest BCUT2D eigenvalue weighted by Gasteiger charge is -2.31. The van der Waals surface area contributed by atoms with Crippen LogP contribution in [-0.2, 0) is 11.3 Å². The van der Waals surface area contributed by atoms with Crippen molar-refractivity contribution in [2.24, 2.45) is 0 Å². The van der Waals surface area contributed by atoms with Crippen LogP contribution in [0, 0.1) is 0 Å². The molecule has 28 heavy (non-hydrogen) atoms. The van der Waals surface area contributed by atoms with Crippen LogP contribution in [0.25, 0.3) is 6.08 Å². The van der Waals surface area contributed by atoms with Gasteiger partial charge in [-0.2, -0.15) is 0 Å². The Balaban J connectivity index is 1.55. The topological polar surface area (TPSA) is 56.8 Å². The molecule has 0 fully saturated rings. The lowest BCUT2D eigenvalue weighted by molar-refractivity contribution is 0.126. The van der Waals surface area contributed by atoms with Crippen molar-refractivity contribution in [2.45, 2.75) is 45.8 Å². The molecule has 5 heteroatoms. The molecule has 2 aromatic carbocycles. The molecule has 1 aliphatic rings. The molecule has 0 radical (unpaired) electrons. The number of rotatable bonds is 7. The van der Waals surface area contributed by atoms with Gasteiger partial charge < -0.3 is 14.2 Å². The number of benzene rings is 2. The smallest absolute Gasteiger partial charge is 0.411 e. The van der Waals surface area contributed by atoms with Crippen LogP contribution in [0.15, 0.2) is 48.5 Å². The maximum absolute atomic E-state index is 12.1. The molecular weight excluding hydrogens is 354 g/mol. The van der Waals surface area contributed by atoms with Gasteiger partial charge in [0.05, 0.1) is 6.61 Å². The Hall–Kier alpha value is -2.95. The summed E-state index contributed by atoms with van der Waals surface area (Å²) >= 11 is 0. The fourth-order valence-electron chi connectivity index (χ4n) is 3.18. The number of hydrogen-bond donors (Lipinski definition) is 1. The monoisotopic (exact) mass is 381 g/mol. The highest BCUT2D eigenvalue weighted by atomic mass is 16.5. The van der Waals surface area contributed by atoms with Gasteiger partial charge in [-0.1, -0.05) is 31.6 Å². The molecule has 0 saturated carbocycles. The van der Waals surface area contributed by atoms with Crippen LogP contribution in [0.2, 0.25) is 0 Å². The van der Waals surface area contributed by atoms with Crippen LogP contribution in [0.5, 0.6) is 11.5 Å². The first-order valence-corrected chi connectivity index (χ1v) is 9.69. The second-order valence-corrected chi connectivity index (χ2v) is 7.03. The van der Waals surface area contributed by atoms with Crippen molar-refractivity contribution < 1.29 is 19.0 Å². The predicted octanol–water partition coefficient (Wildman–Crippen LogP) is 5.80. The minimum Gasteiger partial charge on any atom is -0.494 e. The number of amides is 1. The molecule has 3 rings (SSSR count). The van der Waals surface area contributed by atoms with Crippen molar-refractivity contribution in [3.05, 3.63) is 59.7 Å². The van der Waals surface area contributed by atoms with Gasteiger partial charge in [0.1, 0.15) is 23.7 Å². The summed E-state index contributed by atoms with van der Waals surface area (Å²) in [7, 11) is 0. The van der Waals surface area contributed by atoms with Crippen molar-refractivity contribution >= 4 is 17.9 Å². The fourth-order valence-corrected chi connectivity index (χ4v) is 3.18. The summed E-state index contributed by atoms with van der Waals surface area (Å²) in [6.45, 7) is 6.98. The minimum atomic E-state index is -0.495. The van der Waals surface area contributed by atoms with E-state index >= 15 is 0 Å². The van der Waals surface area contributed by atoms with E-state index in [0.29, 0.717) is 12.3 Å². The van der Waals surface area contributed by atoms with E-state index in [1.54, 1.807) is 0 Å². The summed E-state index contributed by atoms with van der Waals surface area (Å²) in [5.74, 6) is 1.63. The van der Waals surface area contributed by atoms with Gasteiger partial charge in [-0.3, -0.25) is 5.32 Å². The maximum atomic E-state index is 12.1. The van der Waals surface area contributed by atoms with Crippen LogP contribution in [0.4, 0.5) is 10.5 Å². The predicted molar refractivity (Wildman–Crippen MR) is 111 cm³/mol. The minimum absolute atomic E-state index is 0.196. The normalized spacial score (nSPS) is 17.4. The van der Waals surface area contributed by atoms with E-state index in [1.165, 1.54) is 0 Å². The van der Waals surface area contributed by atoms with Crippen LogP contribution in [-0.4, -0.2) is 18.3 Å². The molecule has 0 spiro atoms. The first-order valence-electron chi connectivity index (χ1n) is 9.69. The second-order valence-electron chi connectivity index (χ2n) is 7.03. The molecule has 2 aromatic rings. The van der Waals surface area contributed by atoms with Gasteiger partial charge in [-0.15, -0.1) is 0 Å². The number of carbonyl (C=O) groups is 1. The zero-order chi connectivity index (χ0) is 20.0. The highest BCUT2D eigenvalue weighted by molar-refractivity contribution is 5.85. The first-order chi connectivity index (χ1) is 13.5. The Morgan fingerprint density at radius 2 is 1.93 bits per heavy atom. The molecule has 1 atom stereocenters. The summed E-state index contributed by atoms with van der Waals surface area (Å²) in [5.41, 5.74) is 2.24. The highest BCUT2D eigenvalue weighted by Gasteiger charge is 2.26. The molecule has 0 aliphatic carbocycles. The SMILES string of the molecule is CCCC1(C)C=Cc2cc(NC(=O)OCc3ccc(OCC)cc3)ccc2O1. The van der Waals surface area contributed by atoms with Crippen molar-refractivity contribution in [3.63, 3.8) is 0 Å². The van der Waals surface area contributed by atoms with E-state index in [1.807, 2.05) is 55.5 Å². The Bertz CT molecular complexity index is 844. The Kier molecular flexibility index (Phi) is 6.24. The van der Waals surface area contributed by atoms with Gasteiger partial charge in [0, 0.05) is 11.3 Å². The molecule has 0 bridgehead atoms. The molecule has 0 aromatic heterocycles.